The Labute approximate surface area is 127 Å². The third kappa shape index (κ3) is 7.24. The molecule has 108 valence electrons. The molecule has 0 radical (unpaired) electrons. The van der Waals surface area contributed by atoms with E-state index in [0.717, 1.165) is 23.1 Å². The Hall–Kier alpha value is -0.180. The average Bonchev–Trinajstić information content (AvgIpc) is 2.41. The van der Waals surface area contributed by atoms with Gasteiger partial charge in [0.05, 0.1) is 0 Å². The molecule has 0 heterocycles. The molecular formula is C16H26ClNS. The van der Waals surface area contributed by atoms with Gasteiger partial charge >= 0.3 is 0 Å². The first kappa shape index (κ1) is 16.9. The van der Waals surface area contributed by atoms with Gasteiger partial charge in [-0.15, -0.1) is 11.8 Å². The van der Waals surface area contributed by atoms with Crippen molar-refractivity contribution in [2.75, 3.05) is 5.75 Å². The molecule has 1 rings (SSSR count). The van der Waals surface area contributed by atoms with Crippen molar-refractivity contribution in [1.82, 2.24) is 0 Å². The molecule has 0 saturated heterocycles. The minimum Gasteiger partial charge on any atom is -0.327 e. The van der Waals surface area contributed by atoms with Gasteiger partial charge in [-0.2, -0.15) is 0 Å². The molecule has 0 fully saturated rings. The standard InChI is InChI=1S/C16H26ClNS/c1-3-5-7-13(4-2)10-15(18)12-19-16-9-6-8-14(17)11-16/h6,8-9,11,13,15H,3-5,7,10,12,18H2,1-2H3. The summed E-state index contributed by atoms with van der Waals surface area (Å²) in [5.74, 6) is 1.76. The van der Waals surface area contributed by atoms with Gasteiger partial charge in [-0.3, -0.25) is 0 Å². The second-order valence-corrected chi connectivity index (χ2v) is 6.71. The number of nitrogens with two attached hydrogens (primary N) is 1. The fourth-order valence-corrected chi connectivity index (χ4v) is 3.42. The van der Waals surface area contributed by atoms with Crippen molar-refractivity contribution < 1.29 is 0 Å². The molecule has 0 aliphatic carbocycles. The summed E-state index contributed by atoms with van der Waals surface area (Å²) in [7, 11) is 0. The summed E-state index contributed by atoms with van der Waals surface area (Å²) in [6.07, 6.45) is 6.32. The van der Waals surface area contributed by atoms with Gasteiger partial charge in [0, 0.05) is 21.7 Å². The fourth-order valence-electron chi connectivity index (χ4n) is 2.24. The van der Waals surface area contributed by atoms with Gasteiger partial charge in [0.2, 0.25) is 0 Å². The van der Waals surface area contributed by atoms with Gasteiger partial charge in [0.1, 0.15) is 0 Å². The van der Waals surface area contributed by atoms with Gasteiger partial charge in [0.15, 0.2) is 0 Å². The van der Waals surface area contributed by atoms with Crippen LogP contribution in [0.15, 0.2) is 29.2 Å². The van der Waals surface area contributed by atoms with Crippen LogP contribution in [-0.4, -0.2) is 11.8 Å². The summed E-state index contributed by atoms with van der Waals surface area (Å²) in [4.78, 5) is 1.21. The third-order valence-electron chi connectivity index (χ3n) is 3.44. The molecule has 0 saturated carbocycles. The van der Waals surface area contributed by atoms with Crippen LogP contribution in [0.3, 0.4) is 0 Å². The number of rotatable bonds is 9. The predicted molar refractivity (Wildman–Crippen MR) is 88.1 cm³/mol. The summed E-state index contributed by atoms with van der Waals surface area (Å²) < 4.78 is 0. The Kier molecular flexibility index (Phi) is 8.60. The highest BCUT2D eigenvalue weighted by Gasteiger charge is 2.12. The van der Waals surface area contributed by atoms with E-state index in [-0.39, 0.29) is 6.04 Å². The second-order valence-electron chi connectivity index (χ2n) is 5.18. The Morgan fingerprint density at radius 3 is 2.74 bits per heavy atom. The smallest absolute Gasteiger partial charge is 0.0417 e. The van der Waals surface area contributed by atoms with Crippen molar-refractivity contribution in [1.29, 1.82) is 0 Å². The highest BCUT2D eigenvalue weighted by atomic mass is 35.5. The van der Waals surface area contributed by atoms with Gasteiger partial charge in [-0.25, -0.2) is 0 Å². The number of benzene rings is 1. The molecule has 0 amide bonds. The lowest BCUT2D eigenvalue weighted by molar-refractivity contribution is 0.396. The van der Waals surface area contributed by atoms with Crippen molar-refractivity contribution in [2.24, 2.45) is 11.7 Å². The van der Waals surface area contributed by atoms with Crippen LogP contribution < -0.4 is 5.73 Å². The molecule has 0 aromatic heterocycles. The van der Waals surface area contributed by atoms with Crippen molar-refractivity contribution in [3.63, 3.8) is 0 Å². The van der Waals surface area contributed by atoms with Gasteiger partial charge in [0.25, 0.3) is 0 Å². The molecule has 0 aliphatic rings. The summed E-state index contributed by atoms with van der Waals surface area (Å²) in [6.45, 7) is 4.53. The van der Waals surface area contributed by atoms with E-state index >= 15 is 0 Å². The minimum atomic E-state index is 0.283. The van der Waals surface area contributed by atoms with E-state index in [1.54, 1.807) is 0 Å². The lowest BCUT2D eigenvalue weighted by Crippen LogP contribution is -2.26. The van der Waals surface area contributed by atoms with Crippen LogP contribution in [0.5, 0.6) is 0 Å². The van der Waals surface area contributed by atoms with E-state index in [2.05, 4.69) is 19.9 Å². The van der Waals surface area contributed by atoms with Crippen LogP contribution in [0.25, 0.3) is 0 Å². The molecule has 2 unspecified atom stereocenters. The SMILES string of the molecule is CCCCC(CC)CC(N)CSc1cccc(Cl)c1. The van der Waals surface area contributed by atoms with Crippen LogP contribution in [0, 0.1) is 5.92 Å². The van der Waals surface area contributed by atoms with Crippen LogP contribution in [0.1, 0.15) is 46.0 Å². The van der Waals surface area contributed by atoms with E-state index in [1.165, 1.54) is 30.6 Å². The number of thioether (sulfide) groups is 1. The topological polar surface area (TPSA) is 26.0 Å². The quantitative estimate of drug-likeness (QED) is 0.621. The summed E-state index contributed by atoms with van der Waals surface area (Å²) in [5, 5.41) is 0.799. The third-order valence-corrected chi connectivity index (χ3v) is 4.86. The van der Waals surface area contributed by atoms with E-state index in [4.69, 9.17) is 17.3 Å². The van der Waals surface area contributed by atoms with Crippen LogP contribution in [0.4, 0.5) is 0 Å². The van der Waals surface area contributed by atoms with E-state index < -0.39 is 0 Å². The number of halogens is 1. The molecule has 3 heteroatoms. The van der Waals surface area contributed by atoms with Crippen molar-refractivity contribution in [3.05, 3.63) is 29.3 Å². The van der Waals surface area contributed by atoms with Crippen molar-refractivity contribution in [3.8, 4) is 0 Å². The van der Waals surface area contributed by atoms with E-state index in [1.807, 2.05) is 30.0 Å². The number of hydrogen-bond acceptors (Lipinski definition) is 2. The highest BCUT2D eigenvalue weighted by Crippen LogP contribution is 2.24. The molecule has 2 N–H and O–H groups in total. The first-order chi connectivity index (χ1) is 9.15. The van der Waals surface area contributed by atoms with Crippen molar-refractivity contribution in [2.45, 2.75) is 56.9 Å². The molecule has 0 bridgehead atoms. The molecule has 1 aromatic carbocycles. The Morgan fingerprint density at radius 1 is 1.32 bits per heavy atom. The molecule has 19 heavy (non-hydrogen) atoms. The molecule has 0 aliphatic heterocycles. The van der Waals surface area contributed by atoms with E-state index in [9.17, 15) is 0 Å². The lowest BCUT2D eigenvalue weighted by Gasteiger charge is -2.19. The Bertz CT molecular complexity index is 356. The maximum absolute atomic E-state index is 6.25. The molecule has 2 atom stereocenters. The van der Waals surface area contributed by atoms with Gasteiger partial charge < -0.3 is 5.73 Å². The largest absolute Gasteiger partial charge is 0.327 e. The van der Waals surface area contributed by atoms with Crippen LogP contribution in [-0.2, 0) is 0 Å². The first-order valence-electron chi connectivity index (χ1n) is 7.29. The second kappa shape index (κ2) is 9.68. The summed E-state index contributed by atoms with van der Waals surface area (Å²) in [5.41, 5.74) is 6.25. The molecule has 1 aromatic rings. The maximum atomic E-state index is 6.25. The highest BCUT2D eigenvalue weighted by molar-refractivity contribution is 7.99. The number of unbranched alkanes of at least 4 members (excludes halogenated alkanes) is 1. The zero-order chi connectivity index (χ0) is 14.1. The van der Waals surface area contributed by atoms with Crippen LogP contribution in [0.2, 0.25) is 5.02 Å². The Morgan fingerprint density at radius 2 is 2.11 bits per heavy atom. The lowest BCUT2D eigenvalue weighted by atomic mass is 9.93. The van der Waals surface area contributed by atoms with Gasteiger partial charge in [-0.05, 0) is 30.5 Å². The summed E-state index contributed by atoms with van der Waals surface area (Å²) >= 11 is 7.79. The zero-order valence-corrected chi connectivity index (χ0v) is 13.6. The fraction of sp³-hybridized carbons (Fsp3) is 0.625. The van der Waals surface area contributed by atoms with Gasteiger partial charge in [-0.1, -0.05) is 57.2 Å². The van der Waals surface area contributed by atoms with E-state index in [0.29, 0.717) is 0 Å². The monoisotopic (exact) mass is 299 g/mol. The predicted octanol–water partition coefficient (Wildman–Crippen LogP) is 5.37. The summed E-state index contributed by atoms with van der Waals surface area (Å²) in [6, 6.07) is 8.28. The minimum absolute atomic E-state index is 0.283. The Balaban J connectivity index is 2.32. The van der Waals surface area contributed by atoms with Crippen molar-refractivity contribution >= 4 is 23.4 Å². The normalized spacial score (nSPS) is 14.3. The molecule has 0 spiro atoms. The average molecular weight is 300 g/mol. The first-order valence-corrected chi connectivity index (χ1v) is 8.66. The van der Waals surface area contributed by atoms with Crippen LogP contribution >= 0.6 is 23.4 Å². The molecule has 1 nitrogen and oxygen atoms in total. The maximum Gasteiger partial charge on any atom is 0.0417 e. The number of hydrogen-bond donors (Lipinski definition) is 1. The zero-order valence-electron chi connectivity index (χ0n) is 12.1. The molecular weight excluding hydrogens is 274 g/mol.